The minimum Gasteiger partial charge on any atom is -0.392 e. The Labute approximate surface area is 83.0 Å². The lowest BCUT2D eigenvalue weighted by atomic mass is 10.1. The van der Waals surface area contributed by atoms with Gasteiger partial charge in [-0.3, -0.25) is 0 Å². The van der Waals surface area contributed by atoms with Crippen LogP contribution in [0.25, 0.3) is 0 Å². The highest BCUT2D eigenvalue weighted by Crippen LogP contribution is 2.15. The Morgan fingerprint density at radius 1 is 1.43 bits per heavy atom. The summed E-state index contributed by atoms with van der Waals surface area (Å²) in [5.74, 6) is 1.41. The van der Waals surface area contributed by atoms with E-state index in [1.165, 1.54) is 0 Å². The molecule has 0 saturated carbocycles. The first-order valence-electron chi connectivity index (χ1n) is 4.87. The van der Waals surface area contributed by atoms with E-state index in [-0.39, 0.29) is 6.61 Å². The molecule has 0 aromatic carbocycles. The van der Waals surface area contributed by atoms with Crippen molar-refractivity contribution in [1.29, 1.82) is 0 Å². The first-order valence-corrected chi connectivity index (χ1v) is 4.87. The quantitative estimate of drug-likeness (QED) is 0.763. The number of aliphatic hydroxyl groups is 1. The van der Waals surface area contributed by atoms with Crippen LogP contribution in [-0.2, 0) is 17.8 Å². The molecule has 1 N–H and O–H groups in total. The van der Waals surface area contributed by atoms with Gasteiger partial charge in [-0.2, -0.15) is 0 Å². The molecule has 1 aromatic heterocycles. The van der Waals surface area contributed by atoms with Crippen molar-refractivity contribution in [3.8, 4) is 0 Å². The van der Waals surface area contributed by atoms with Crippen molar-refractivity contribution in [2.24, 2.45) is 5.92 Å². The van der Waals surface area contributed by atoms with Crippen LogP contribution in [-0.4, -0.2) is 28.3 Å². The minimum atomic E-state index is 0.00677. The van der Waals surface area contributed by atoms with Crippen molar-refractivity contribution in [3.63, 3.8) is 0 Å². The van der Waals surface area contributed by atoms with Crippen LogP contribution in [0.4, 0.5) is 0 Å². The average molecular weight is 194 g/mol. The van der Waals surface area contributed by atoms with Crippen LogP contribution in [0.1, 0.15) is 17.8 Å². The molecule has 1 aliphatic heterocycles. The maximum absolute atomic E-state index is 8.81. The van der Waals surface area contributed by atoms with E-state index in [4.69, 9.17) is 9.84 Å². The zero-order valence-corrected chi connectivity index (χ0v) is 8.02. The zero-order valence-electron chi connectivity index (χ0n) is 8.02. The number of aromatic nitrogens is 2. The number of rotatable bonds is 3. The lowest BCUT2D eigenvalue weighted by molar-refractivity contribution is 0.185. The van der Waals surface area contributed by atoms with Crippen molar-refractivity contribution >= 4 is 0 Å². The summed E-state index contributed by atoms with van der Waals surface area (Å²) in [6.07, 6.45) is 5.34. The molecule has 0 radical (unpaired) electrons. The van der Waals surface area contributed by atoms with Crippen LogP contribution in [0.2, 0.25) is 0 Å². The van der Waals surface area contributed by atoms with E-state index in [0.717, 1.165) is 37.4 Å². The minimum absolute atomic E-state index is 0.00677. The average Bonchev–Trinajstić information content (AvgIpc) is 2.72. The highest BCUT2D eigenvalue weighted by molar-refractivity contribution is 5.03. The molecule has 1 aliphatic rings. The summed E-state index contributed by atoms with van der Waals surface area (Å²) in [5, 5.41) is 8.81. The van der Waals surface area contributed by atoms with Crippen molar-refractivity contribution < 1.29 is 9.84 Å². The lowest BCUT2D eigenvalue weighted by Gasteiger charge is -2.05. The molecule has 1 unspecified atom stereocenters. The van der Waals surface area contributed by atoms with Crippen molar-refractivity contribution in [2.45, 2.75) is 19.4 Å². The fourth-order valence-corrected chi connectivity index (χ4v) is 1.57. The number of hydrogen-bond acceptors (Lipinski definition) is 4. The van der Waals surface area contributed by atoms with Gasteiger partial charge in [-0.1, -0.05) is 0 Å². The second-order valence-corrected chi connectivity index (χ2v) is 3.60. The van der Waals surface area contributed by atoms with Gasteiger partial charge in [0.25, 0.3) is 0 Å². The number of nitrogens with zero attached hydrogens (tertiary/aromatic N) is 2. The van der Waals surface area contributed by atoms with E-state index in [0.29, 0.717) is 5.92 Å². The molecule has 0 bridgehead atoms. The molecule has 2 heterocycles. The molecule has 4 heteroatoms. The Morgan fingerprint density at radius 2 is 2.21 bits per heavy atom. The van der Waals surface area contributed by atoms with Crippen molar-refractivity contribution in [1.82, 2.24) is 9.97 Å². The summed E-state index contributed by atoms with van der Waals surface area (Å²) in [6, 6.07) is 0. The van der Waals surface area contributed by atoms with Gasteiger partial charge in [-0.05, 0) is 12.3 Å². The standard InChI is InChI=1S/C10H14N2O2/c13-6-9-4-11-10(12-5-9)3-8-1-2-14-7-8/h4-5,8,13H,1-3,6-7H2. The summed E-state index contributed by atoms with van der Waals surface area (Å²) in [7, 11) is 0. The van der Waals surface area contributed by atoms with E-state index in [9.17, 15) is 0 Å². The molecule has 0 spiro atoms. The van der Waals surface area contributed by atoms with Gasteiger partial charge in [0.15, 0.2) is 0 Å². The molecule has 1 fully saturated rings. The van der Waals surface area contributed by atoms with Gasteiger partial charge in [0.05, 0.1) is 6.61 Å². The zero-order chi connectivity index (χ0) is 9.80. The lowest BCUT2D eigenvalue weighted by Crippen LogP contribution is -2.07. The van der Waals surface area contributed by atoms with Crippen LogP contribution in [0.15, 0.2) is 12.4 Å². The van der Waals surface area contributed by atoms with E-state index in [1.54, 1.807) is 12.4 Å². The maximum Gasteiger partial charge on any atom is 0.128 e. The van der Waals surface area contributed by atoms with Gasteiger partial charge in [-0.15, -0.1) is 0 Å². The molecule has 4 nitrogen and oxygen atoms in total. The third kappa shape index (κ3) is 2.27. The SMILES string of the molecule is OCc1cnc(CC2CCOC2)nc1. The number of ether oxygens (including phenoxy) is 1. The molecule has 76 valence electrons. The fraction of sp³-hybridized carbons (Fsp3) is 0.600. The van der Waals surface area contributed by atoms with Gasteiger partial charge >= 0.3 is 0 Å². The molecular weight excluding hydrogens is 180 g/mol. The van der Waals surface area contributed by atoms with E-state index in [2.05, 4.69) is 9.97 Å². The number of hydrogen-bond donors (Lipinski definition) is 1. The second-order valence-electron chi connectivity index (χ2n) is 3.60. The van der Waals surface area contributed by atoms with Crippen LogP contribution in [0.3, 0.4) is 0 Å². The molecule has 14 heavy (non-hydrogen) atoms. The van der Waals surface area contributed by atoms with Gasteiger partial charge in [0.2, 0.25) is 0 Å². The van der Waals surface area contributed by atoms with Gasteiger partial charge in [0.1, 0.15) is 5.82 Å². The summed E-state index contributed by atoms with van der Waals surface area (Å²) < 4.78 is 5.28. The fourth-order valence-electron chi connectivity index (χ4n) is 1.57. The first kappa shape index (κ1) is 9.55. The molecule has 1 saturated heterocycles. The van der Waals surface area contributed by atoms with Crippen LogP contribution >= 0.6 is 0 Å². The predicted molar refractivity (Wildman–Crippen MR) is 50.6 cm³/mol. The van der Waals surface area contributed by atoms with Gasteiger partial charge in [-0.25, -0.2) is 9.97 Å². The third-order valence-electron chi connectivity index (χ3n) is 2.44. The van der Waals surface area contributed by atoms with Crippen LogP contribution in [0.5, 0.6) is 0 Å². The Hall–Kier alpha value is -1.00. The summed E-state index contributed by atoms with van der Waals surface area (Å²) in [4.78, 5) is 8.37. The maximum atomic E-state index is 8.81. The number of aliphatic hydroxyl groups excluding tert-OH is 1. The Kier molecular flexibility index (Phi) is 3.06. The van der Waals surface area contributed by atoms with E-state index >= 15 is 0 Å². The van der Waals surface area contributed by atoms with Crippen molar-refractivity contribution in [3.05, 3.63) is 23.8 Å². The van der Waals surface area contributed by atoms with E-state index in [1.807, 2.05) is 0 Å². The monoisotopic (exact) mass is 194 g/mol. The first-order chi connectivity index (χ1) is 6.88. The molecule has 0 aliphatic carbocycles. The molecule has 2 rings (SSSR count). The summed E-state index contributed by atoms with van der Waals surface area (Å²) in [5.41, 5.74) is 0.761. The van der Waals surface area contributed by atoms with Crippen LogP contribution < -0.4 is 0 Å². The summed E-state index contributed by atoms with van der Waals surface area (Å²) >= 11 is 0. The second kappa shape index (κ2) is 4.48. The molecule has 1 aromatic rings. The smallest absolute Gasteiger partial charge is 0.128 e. The normalized spacial score (nSPS) is 21.4. The largest absolute Gasteiger partial charge is 0.392 e. The Morgan fingerprint density at radius 3 is 2.79 bits per heavy atom. The molecule has 1 atom stereocenters. The Balaban J connectivity index is 1.95. The van der Waals surface area contributed by atoms with E-state index < -0.39 is 0 Å². The molecular formula is C10H14N2O2. The highest BCUT2D eigenvalue weighted by atomic mass is 16.5. The van der Waals surface area contributed by atoms with Gasteiger partial charge < -0.3 is 9.84 Å². The predicted octanol–water partition coefficient (Wildman–Crippen LogP) is 0.548. The Bertz CT molecular complexity index is 281. The highest BCUT2D eigenvalue weighted by Gasteiger charge is 2.16. The summed E-state index contributed by atoms with van der Waals surface area (Å²) in [6.45, 7) is 1.69. The van der Waals surface area contributed by atoms with Crippen molar-refractivity contribution in [2.75, 3.05) is 13.2 Å². The molecule has 0 amide bonds. The van der Waals surface area contributed by atoms with Gasteiger partial charge in [0, 0.05) is 37.6 Å². The topological polar surface area (TPSA) is 55.2 Å². The third-order valence-corrected chi connectivity index (χ3v) is 2.44. The van der Waals surface area contributed by atoms with Crippen LogP contribution in [0, 0.1) is 5.92 Å².